The van der Waals surface area contributed by atoms with E-state index in [1.54, 1.807) is 36.2 Å². The van der Waals surface area contributed by atoms with Gasteiger partial charge in [-0.25, -0.2) is 13.6 Å². The van der Waals surface area contributed by atoms with Crippen molar-refractivity contribution in [3.63, 3.8) is 0 Å². The lowest BCUT2D eigenvalue weighted by molar-refractivity contribution is -0.127. The number of carbonyl (C=O) groups excluding carboxylic acids is 1. The fourth-order valence-corrected chi connectivity index (χ4v) is 6.63. The molecule has 2 N–H and O–H groups in total. The lowest BCUT2D eigenvalue weighted by Crippen LogP contribution is -2.60. The number of phenols is 1. The van der Waals surface area contributed by atoms with Gasteiger partial charge in [0.1, 0.15) is 17.1 Å². The molecule has 2 aliphatic heterocycles. The van der Waals surface area contributed by atoms with Gasteiger partial charge in [-0.15, -0.1) is 0 Å². The van der Waals surface area contributed by atoms with Crippen molar-refractivity contribution in [1.29, 1.82) is 0 Å². The van der Waals surface area contributed by atoms with Gasteiger partial charge in [-0.2, -0.15) is 4.98 Å². The maximum Gasteiger partial charge on any atom is 0.354 e. The minimum absolute atomic E-state index is 0.0150. The number of fused-ring (bicyclic) bond motifs is 2. The van der Waals surface area contributed by atoms with Crippen molar-refractivity contribution in [2.75, 3.05) is 29.9 Å². The smallest absolute Gasteiger partial charge is 0.354 e. The molecule has 2 aliphatic rings. The molecule has 11 heteroatoms. The Morgan fingerprint density at radius 1 is 1.18 bits per heavy atom. The Morgan fingerprint density at radius 3 is 2.64 bits per heavy atom. The van der Waals surface area contributed by atoms with Crippen molar-refractivity contribution in [2.45, 2.75) is 52.1 Å². The molecule has 228 valence electrons. The third-order valence-corrected chi connectivity index (χ3v) is 8.59. The van der Waals surface area contributed by atoms with E-state index in [1.807, 2.05) is 25.7 Å². The third kappa shape index (κ3) is 4.49. The number of para-hydroxylation sites is 1. The highest BCUT2D eigenvalue weighted by Gasteiger charge is 2.39. The summed E-state index contributed by atoms with van der Waals surface area (Å²) in [5.74, 6) is -2.41. The van der Waals surface area contributed by atoms with Crippen LogP contribution in [0.15, 0.2) is 54.0 Å². The molecule has 4 aromatic rings. The SMILES string of the molecule is C=CC(=O)N1CC(C)N2c3nc(=O)n(-c4c(C)ccnc4C(C)C)c4c(F)c(-c5ccccc5O)c(F)c(c34)NCCC2C1. The number of nitrogens with zero attached hydrogens (tertiary/aromatic N) is 5. The van der Waals surface area contributed by atoms with Crippen molar-refractivity contribution in [2.24, 2.45) is 0 Å². The highest BCUT2D eigenvalue weighted by atomic mass is 19.1. The second-order valence-corrected chi connectivity index (χ2v) is 11.8. The molecule has 6 rings (SSSR count). The topological polar surface area (TPSA) is 104 Å². The van der Waals surface area contributed by atoms with E-state index in [2.05, 4.69) is 21.9 Å². The Kier molecular flexibility index (Phi) is 7.35. The van der Waals surface area contributed by atoms with Crippen LogP contribution < -0.4 is 15.9 Å². The Morgan fingerprint density at radius 2 is 1.93 bits per heavy atom. The van der Waals surface area contributed by atoms with Gasteiger partial charge in [0.15, 0.2) is 11.6 Å². The van der Waals surface area contributed by atoms with Crippen molar-refractivity contribution < 1.29 is 18.7 Å². The first-order valence-corrected chi connectivity index (χ1v) is 14.7. The predicted molar refractivity (Wildman–Crippen MR) is 167 cm³/mol. The summed E-state index contributed by atoms with van der Waals surface area (Å²) in [6, 6.07) is 7.06. The van der Waals surface area contributed by atoms with Gasteiger partial charge in [0.2, 0.25) is 5.91 Å². The highest BCUT2D eigenvalue weighted by Crippen LogP contribution is 2.46. The van der Waals surface area contributed by atoms with Gasteiger partial charge in [-0.3, -0.25) is 14.3 Å². The van der Waals surface area contributed by atoms with Crippen LogP contribution in [0, 0.1) is 18.6 Å². The monoisotopic (exact) mass is 600 g/mol. The van der Waals surface area contributed by atoms with E-state index in [0.717, 1.165) is 0 Å². The number of nitrogens with one attached hydrogen (secondary N) is 1. The zero-order valence-corrected chi connectivity index (χ0v) is 25.1. The molecule has 1 amide bonds. The van der Waals surface area contributed by atoms with E-state index in [4.69, 9.17) is 0 Å². The van der Waals surface area contributed by atoms with E-state index in [9.17, 15) is 14.7 Å². The van der Waals surface area contributed by atoms with Gasteiger partial charge >= 0.3 is 5.69 Å². The summed E-state index contributed by atoms with van der Waals surface area (Å²) in [5, 5.41) is 14.0. The standard InChI is InChI=1S/C33H34F2N6O3/c1-6-23(43)39-15-19(5)40-20(16-39)12-14-37-29-25-31(27(35)24(26(29)34)21-9-7-8-10-22(21)42)41(33(44)38-32(25)40)30-18(4)11-13-36-28(30)17(2)3/h6-11,13,17,19-20,37,42H,1,12,14-16H2,2-5H3. The largest absolute Gasteiger partial charge is 0.507 e. The number of amides is 1. The van der Waals surface area contributed by atoms with E-state index < -0.39 is 22.9 Å². The first-order valence-electron chi connectivity index (χ1n) is 14.7. The Balaban J connectivity index is 1.77. The van der Waals surface area contributed by atoms with Gasteiger partial charge in [-0.05, 0) is 50.0 Å². The molecule has 1 saturated heterocycles. The molecule has 2 aromatic heterocycles. The number of carbonyl (C=O) groups is 1. The Labute approximate surface area is 253 Å². The summed E-state index contributed by atoms with van der Waals surface area (Å²) in [6.07, 6.45) is 3.39. The summed E-state index contributed by atoms with van der Waals surface area (Å²) in [7, 11) is 0. The van der Waals surface area contributed by atoms with Crippen molar-refractivity contribution >= 4 is 28.3 Å². The maximum atomic E-state index is 17.2. The Bertz CT molecular complexity index is 1890. The molecule has 1 fully saturated rings. The van der Waals surface area contributed by atoms with Crippen LogP contribution in [-0.2, 0) is 4.79 Å². The minimum Gasteiger partial charge on any atom is -0.507 e. The number of anilines is 2. The third-order valence-electron chi connectivity index (χ3n) is 8.59. The van der Waals surface area contributed by atoms with Crippen LogP contribution in [0.25, 0.3) is 27.7 Å². The maximum absolute atomic E-state index is 17.2. The van der Waals surface area contributed by atoms with E-state index in [1.165, 1.54) is 22.8 Å². The molecule has 0 radical (unpaired) electrons. The average Bonchev–Trinajstić information content (AvgIpc) is 2.98. The average molecular weight is 601 g/mol. The van der Waals surface area contributed by atoms with Gasteiger partial charge in [-0.1, -0.05) is 38.6 Å². The molecule has 0 bridgehead atoms. The first-order chi connectivity index (χ1) is 21.0. The zero-order chi connectivity index (χ0) is 31.4. The number of rotatable bonds is 4. The van der Waals surface area contributed by atoms with Crippen LogP contribution in [0.5, 0.6) is 5.75 Å². The number of aromatic hydroxyl groups is 1. The van der Waals surface area contributed by atoms with Gasteiger partial charge < -0.3 is 20.2 Å². The van der Waals surface area contributed by atoms with Crippen LogP contribution in [-0.4, -0.2) is 62.2 Å². The van der Waals surface area contributed by atoms with Crippen LogP contribution in [0.3, 0.4) is 0 Å². The second-order valence-electron chi connectivity index (χ2n) is 11.8. The lowest BCUT2D eigenvalue weighted by atomic mass is 9.95. The number of pyridine rings is 1. The van der Waals surface area contributed by atoms with Gasteiger partial charge in [0.25, 0.3) is 0 Å². The fraction of sp³-hybridized carbons (Fsp3) is 0.333. The molecule has 0 spiro atoms. The van der Waals surface area contributed by atoms with E-state index >= 15 is 8.78 Å². The normalized spacial score (nSPS) is 18.1. The molecule has 4 heterocycles. The van der Waals surface area contributed by atoms with Crippen molar-refractivity contribution in [3.05, 3.63) is 82.6 Å². The fourth-order valence-electron chi connectivity index (χ4n) is 6.63. The summed E-state index contributed by atoms with van der Waals surface area (Å²) in [4.78, 5) is 39.5. The molecular weight excluding hydrogens is 566 g/mol. The molecular formula is C33H34F2N6O3. The van der Waals surface area contributed by atoms with Gasteiger partial charge in [0, 0.05) is 37.4 Å². The van der Waals surface area contributed by atoms with Gasteiger partial charge in [0.05, 0.1) is 34.1 Å². The molecule has 2 aromatic carbocycles. The number of hydrogen-bond acceptors (Lipinski definition) is 7. The summed E-state index contributed by atoms with van der Waals surface area (Å²) >= 11 is 0. The molecule has 44 heavy (non-hydrogen) atoms. The first kappa shape index (κ1) is 29.3. The minimum atomic E-state index is -1.01. The van der Waals surface area contributed by atoms with E-state index in [0.29, 0.717) is 43.0 Å². The molecule has 2 atom stereocenters. The number of aromatic nitrogens is 3. The van der Waals surface area contributed by atoms with Crippen LogP contribution >= 0.6 is 0 Å². The molecule has 0 saturated carbocycles. The van der Waals surface area contributed by atoms with Crippen molar-refractivity contribution in [1.82, 2.24) is 19.4 Å². The van der Waals surface area contributed by atoms with Crippen LogP contribution in [0.1, 0.15) is 44.4 Å². The number of benzene rings is 2. The van der Waals surface area contributed by atoms with E-state index in [-0.39, 0.29) is 57.6 Å². The zero-order valence-electron chi connectivity index (χ0n) is 25.1. The quantitative estimate of drug-likeness (QED) is 0.308. The number of piperazine rings is 1. The van der Waals surface area contributed by atoms with Crippen LogP contribution in [0.2, 0.25) is 0 Å². The van der Waals surface area contributed by atoms with Crippen molar-refractivity contribution in [3.8, 4) is 22.6 Å². The second kappa shape index (κ2) is 11.0. The molecule has 2 unspecified atom stereocenters. The number of aryl methyl sites for hydroxylation is 1. The molecule has 9 nitrogen and oxygen atoms in total. The number of hydrogen-bond donors (Lipinski definition) is 2. The number of halogens is 2. The number of phenolic OH excluding ortho intramolecular Hbond substituents is 1. The summed E-state index contributed by atoms with van der Waals surface area (Å²) in [5.41, 5.74) is 0.162. The summed E-state index contributed by atoms with van der Waals surface area (Å²) in [6.45, 7) is 12.1. The predicted octanol–water partition coefficient (Wildman–Crippen LogP) is 5.27. The highest BCUT2D eigenvalue weighted by molar-refractivity contribution is 6.05. The molecule has 0 aliphatic carbocycles. The Hall–Kier alpha value is -4.80. The van der Waals surface area contributed by atoms with Crippen LogP contribution in [0.4, 0.5) is 20.3 Å². The lowest BCUT2D eigenvalue weighted by Gasteiger charge is -2.47. The summed E-state index contributed by atoms with van der Waals surface area (Å²) < 4.78 is 35.1.